The Morgan fingerprint density at radius 2 is 1.73 bits per heavy atom. The molecule has 1 aliphatic rings. The van der Waals surface area contributed by atoms with Crippen LogP contribution in [0.3, 0.4) is 0 Å². The number of piperidine rings is 1. The molecular formula is C23H28FN3O3. The first kappa shape index (κ1) is 21.7. The smallest absolute Gasteiger partial charge is 0.255 e. The minimum Gasteiger partial charge on any atom is -0.341 e. The average Bonchev–Trinajstić information content (AvgIpc) is 2.77. The molecule has 2 heterocycles. The highest BCUT2D eigenvalue weighted by atomic mass is 19.1. The number of rotatable bonds is 6. The average molecular weight is 413 g/mol. The highest BCUT2D eigenvalue weighted by molar-refractivity contribution is 5.94. The summed E-state index contributed by atoms with van der Waals surface area (Å²) in [5.41, 5.74) is 0.859. The molecule has 0 saturated carbocycles. The summed E-state index contributed by atoms with van der Waals surface area (Å²) >= 11 is 0. The summed E-state index contributed by atoms with van der Waals surface area (Å²) in [5.74, 6) is -0.689. The van der Waals surface area contributed by atoms with Crippen molar-refractivity contribution in [3.63, 3.8) is 0 Å². The molecule has 1 aliphatic heterocycles. The standard InChI is InChI=1S/C23H28FN3O3/c1-3-20(17-7-10-19(24)11-8-17)25(2)23(30)18-9-12-21(28)27(15-18)16-22(29)26-13-5-4-6-14-26/h7-12,15,20H,3-6,13-14,16H2,1-2H3/t20-/m0/s1. The predicted octanol–water partition coefficient (Wildman–Crippen LogP) is 3.22. The van der Waals surface area contributed by atoms with E-state index in [2.05, 4.69) is 0 Å². The van der Waals surface area contributed by atoms with Crippen molar-refractivity contribution in [2.24, 2.45) is 0 Å². The van der Waals surface area contributed by atoms with Gasteiger partial charge in [-0.1, -0.05) is 19.1 Å². The second-order valence-electron chi connectivity index (χ2n) is 7.72. The van der Waals surface area contributed by atoms with Gasteiger partial charge in [0.05, 0.1) is 11.6 Å². The Labute approximate surface area is 175 Å². The molecule has 7 heteroatoms. The predicted molar refractivity (Wildman–Crippen MR) is 113 cm³/mol. The van der Waals surface area contributed by atoms with Crippen LogP contribution in [0.25, 0.3) is 0 Å². The lowest BCUT2D eigenvalue weighted by Crippen LogP contribution is -2.39. The Kier molecular flexibility index (Phi) is 7.03. The van der Waals surface area contributed by atoms with Crippen molar-refractivity contribution in [1.82, 2.24) is 14.4 Å². The van der Waals surface area contributed by atoms with Gasteiger partial charge in [0.25, 0.3) is 11.5 Å². The summed E-state index contributed by atoms with van der Waals surface area (Å²) in [6.45, 7) is 3.31. The molecule has 2 amide bonds. The Morgan fingerprint density at radius 3 is 2.37 bits per heavy atom. The van der Waals surface area contributed by atoms with Crippen LogP contribution in [-0.4, -0.2) is 46.3 Å². The molecule has 1 fully saturated rings. The van der Waals surface area contributed by atoms with Crippen LogP contribution in [0.1, 0.15) is 54.6 Å². The van der Waals surface area contributed by atoms with Gasteiger partial charge >= 0.3 is 0 Å². The van der Waals surface area contributed by atoms with Gasteiger partial charge in [-0.3, -0.25) is 14.4 Å². The topological polar surface area (TPSA) is 62.6 Å². The second-order valence-corrected chi connectivity index (χ2v) is 7.72. The first-order valence-electron chi connectivity index (χ1n) is 10.4. The number of benzene rings is 1. The fraction of sp³-hybridized carbons (Fsp3) is 0.435. The normalized spacial score (nSPS) is 15.0. The third kappa shape index (κ3) is 4.96. The van der Waals surface area contributed by atoms with Gasteiger partial charge in [0.2, 0.25) is 5.91 Å². The molecule has 1 aromatic carbocycles. The zero-order valence-corrected chi connectivity index (χ0v) is 17.5. The maximum Gasteiger partial charge on any atom is 0.255 e. The van der Waals surface area contributed by atoms with Gasteiger partial charge in [-0.05, 0) is 49.4 Å². The molecule has 3 rings (SSSR count). The second kappa shape index (κ2) is 9.69. The minimum atomic E-state index is -0.326. The SMILES string of the molecule is CC[C@@H](c1ccc(F)cc1)N(C)C(=O)c1ccc(=O)n(CC(=O)N2CCCCC2)c1. The van der Waals surface area contributed by atoms with Gasteiger partial charge in [0, 0.05) is 32.4 Å². The van der Waals surface area contributed by atoms with E-state index in [0.717, 1.165) is 24.8 Å². The van der Waals surface area contributed by atoms with Crippen LogP contribution in [0.15, 0.2) is 47.4 Å². The van der Waals surface area contributed by atoms with E-state index in [1.165, 1.54) is 35.0 Å². The molecule has 1 saturated heterocycles. The lowest BCUT2D eigenvalue weighted by atomic mass is 10.0. The summed E-state index contributed by atoms with van der Waals surface area (Å²) in [4.78, 5) is 41.2. The van der Waals surface area contributed by atoms with E-state index in [4.69, 9.17) is 0 Å². The molecule has 160 valence electrons. The quantitative estimate of drug-likeness (QED) is 0.731. The summed E-state index contributed by atoms with van der Waals surface area (Å²) in [6, 6.07) is 8.68. The van der Waals surface area contributed by atoms with E-state index in [1.807, 2.05) is 6.92 Å². The molecule has 0 aliphatic carbocycles. The molecule has 1 atom stereocenters. The minimum absolute atomic E-state index is 0.0706. The summed E-state index contributed by atoms with van der Waals surface area (Å²) in [7, 11) is 1.69. The van der Waals surface area contributed by atoms with Crippen molar-refractivity contribution in [2.75, 3.05) is 20.1 Å². The van der Waals surface area contributed by atoms with E-state index in [-0.39, 0.29) is 35.8 Å². The van der Waals surface area contributed by atoms with Crippen LogP contribution in [0.2, 0.25) is 0 Å². The summed E-state index contributed by atoms with van der Waals surface area (Å²) in [6.07, 6.45) is 5.19. The molecule has 6 nitrogen and oxygen atoms in total. The third-order valence-electron chi connectivity index (χ3n) is 5.67. The van der Waals surface area contributed by atoms with Gasteiger partial charge in [-0.25, -0.2) is 4.39 Å². The van der Waals surface area contributed by atoms with Crippen molar-refractivity contribution < 1.29 is 14.0 Å². The van der Waals surface area contributed by atoms with Crippen molar-refractivity contribution in [3.05, 3.63) is 69.9 Å². The zero-order chi connectivity index (χ0) is 21.7. The number of carbonyl (C=O) groups excluding carboxylic acids is 2. The number of halogens is 1. The number of nitrogens with zero attached hydrogens (tertiary/aromatic N) is 3. The van der Waals surface area contributed by atoms with E-state index < -0.39 is 0 Å². The maximum absolute atomic E-state index is 13.3. The number of carbonyl (C=O) groups is 2. The molecule has 0 spiro atoms. The van der Waals surface area contributed by atoms with Gasteiger partial charge in [0.15, 0.2) is 0 Å². The van der Waals surface area contributed by atoms with E-state index in [0.29, 0.717) is 25.1 Å². The monoisotopic (exact) mass is 413 g/mol. The van der Waals surface area contributed by atoms with Gasteiger partial charge in [0.1, 0.15) is 12.4 Å². The molecule has 1 aromatic heterocycles. The zero-order valence-electron chi connectivity index (χ0n) is 17.5. The highest BCUT2D eigenvalue weighted by Crippen LogP contribution is 2.24. The van der Waals surface area contributed by atoms with Crippen molar-refractivity contribution in [1.29, 1.82) is 0 Å². The third-order valence-corrected chi connectivity index (χ3v) is 5.67. The summed E-state index contributed by atoms with van der Waals surface area (Å²) in [5, 5.41) is 0. The van der Waals surface area contributed by atoms with Gasteiger partial charge in [-0.15, -0.1) is 0 Å². The van der Waals surface area contributed by atoms with E-state index in [9.17, 15) is 18.8 Å². The van der Waals surface area contributed by atoms with Crippen LogP contribution in [-0.2, 0) is 11.3 Å². The van der Waals surface area contributed by atoms with E-state index >= 15 is 0 Å². The number of amides is 2. The van der Waals surface area contributed by atoms with Crippen LogP contribution in [0, 0.1) is 5.82 Å². The van der Waals surface area contributed by atoms with Gasteiger partial charge < -0.3 is 14.4 Å². The molecule has 0 bridgehead atoms. The Bertz CT molecular complexity index is 949. The van der Waals surface area contributed by atoms with Crippen molar-refractivity contribution in [2.45, 2.75) is 45.2 Å². The molecule has 30 heavy (non-hydrogen) atoms. The first-order valence-corrected chi connectivity index (χ1v) is 10.4. The fourth-order valence-electron chi connectivity index (χ4n) is 3.93. The molecule has 0 radical (unpaired) electrons. The van der Waals surface area contributed by atoms with Crippen LogP contribution < -0.4 is 5.56 Å². The largest absolute Gasteiger partial charge is 0.341 e. The molecule has 0 unspecified atom stereocenters. The highest BCUT2D eigenvalue weighted by Gasteiger charge is 2.23. The van der Waals surface area contributed by atoms with E-state index in [1.54, 1.807) is 29.0 Å². The number of likely N-dealkylation sites (tertiary alicyclic amines) is 1. The number of pyridine rings is 1. The van der Waals surface area contributed by atoms with Crippen LogP contribution in [0.4, 0.5) is 4.39 Å². The molecule has 0 N–H and O–H groups in total. The van der Waals surface area contributed by atoms with Crippen molar-refractivity contribution in [3.8, 4) is 0 Å². The summed E-state index contributed by atoms with van der Waals surface area (Å²) < 4.78 is 14.6. The Morgan fingerprint density at radius 1 is 1.07 bits per heavy atom. The van der Waals surface area contributed by atoms with Crippen molar-refractivity contribution >= 4 is 11.8 Å². The first-order chi connectivity index (χ1) is 14.4. The Hall–Kier alpha value is -2.96. The number of aromatic nitrogens is 1. The lowest BCUT2D eigenvalue weighted by Gasteiger charge is -2.28. The van der Waals surface area contributed by atoms with Crippen LogP contribution in [0.5, 0.6) is 0 Å². The number of hydrogen-bond donors (Lipinski definition) is 0. The number of hydrogen-bond acceptors (Lipinski definition) is 3. The molecule has 2 aromatic rings. The maximum atomic E-state index is 13.3. The van der Waals surface area contributed by atoms with Crippen LogP contribution >= 0.6 is 0 Å². The molecular weight excluding hydrogens is 385 g/mol. The Balaban J connectivity index is 1.78. The van der Waals surface area contributed by atoms with Gasteiger partial charge in [-0.2, -0.15) is 0 Å². The fourth-order valence-corrected chi connectivity index (χ4v) is 3.93. The lowest BCUT2D eigenvalue weighted by molar-refractivity contribution is -0.132.